The Labute approximate surface area is 126 Å². The Morgan fingerprint density at radius 1 is 1.38 bits per heavy atom. The molecule has 0 aliphatic carbocycles. The van der Waals surface area contributed by atoms with Gasteiger partial charge in [-0.3, -0.25) is 4.79 Å². The summed E-state index contributed by atoms with van der Waals surface area (Å²) in [7, 11) is 3.03. The van der Waals surface area contributed by atoms with E-state index in [0.29, 0.717) is 11.5 Å². The summed E-state index contributed by atoms with van der Waals surface area (Å²) in [5.41, 5.74) is 0.663. The molecular formula is C14H13ClFN3O2. The Kier molecular flexibility index (Phi) is 4.59. The lowest BCUT2D eigenvalue weighted by Crippen LogP contribution is -2.13. The molecule has 1 aromatic carbocycles. The van der Waals surface area contributed by atoms with Crippen molar-refractivity contribution in [3.05, 3.63) is 46.9 Å². The maximum absolute atomic E-state index is 13.3. The number of anilines is 2. The SMILES string of the molecule is CNc1cc(C(=O)Nc2ccc(F)c(OC)c2)c(Cl)cn1. The number of carbonyl (C=O) groups is 1. The second-order valence-electron chi connectivity index (χ2n) is 4.10. The molecule has 1 heterocycles. The second kappa shape index (κ2) is 6.41. The number of nitrogens with zero attached hydrogens (tertiary/aromatic N) is 1. The highest BCUT2D eigenvalue weighted by Gasteiger charge is 2.13. The molecule has 0 radical (unpaired) electrons. The number of amides is 1. The van der Waals surface area contributed by atoms with Gasteiger partial charge >= 0.3 is 0 Å². The number of hydrogen-bond donors (Lipinski definition) is 2. The number of methoxy groups -OCH3 is 1. The van der Waals surface area contributed by atoms with Crippen molar-refractivity contribution in [3.63, 3.8) is 0 Å². The zero-order chi connectivity index (χ0) is 15.4. The van der Waals surface area contributed by atoms with Crippen molar-refractivity contribution < 1.29 is 13.9 Å². The molecule has 2 N–H and O–H groups in total. The van der Waals surface area contributed by atoms with Crippen LogP contribution in [0, 0.1) is 5.82 Å². The van der Waals surface area contributed by atoms with Crippen molar-refractivity contribution in [2.45, 2.75) is 0 Å². The van der Waals surface area contributed by atoms with E-state index in [0.717, 1.165) is 0 Å². The number of nitrogens with one attached hydrogen (secondary N) is 2. The zero-order valence-electron chi connectivity index (χ0n) is 11.4. The fourth-order valence-electron chi connectivity index (χ4n) is 1.69. The van der Waals surface area contributed by atoms with Crippen molar-refractivity contribution in [2.24, 2.45) is 0 Å². The molecule has 5 nitrogen and oxygen atoms in total. The lowest BCUT2D eigenvalue weighted by atomic mass is 10.2. The maximum Gasteiger partial charge on any atom is 0.257 e. The fraction of sp³-hybridized carbons (Fsp3) is 0.143. The lowest BCUT2D eigenvalue weighted by Gasteiger charge is -2.09. The normalized spacial score (nSPS) is 10.1. The van der Waals surface area contributed by atoms with Crippen molar-refractivity contribution in [1.29, 1.82) is 0 Å². The van der Waals surface area contributed by atoms with Crippen LogP contribution in [-0.4, -0.2) is 25.0 Å². The van der Waals surface area contributed by atoms with E-state index in [-0.39, 0.29) is 16.3 Å². The van der Waals surface area contributed by atoms with Gasteiger partial charge in [-0.2, -0.15) is 0 Å². The minimum Gasteiger partial charge on any atom is -0.494 e. The Morgan fingerprint density at radius 3 is 2.81 bits per heavy atom. The van der Waals surface area contributed by atoms with Gasteiger partial charge in [-0.1, -0.05) is 11.6 Å². The Hall–Kier alpha value is -2.34. The van der Waals surface area contributed by atoms with Crippen LogP contribution in [0.2, 0.25) is 5.02 Å². The molecule has 0 unspecified atom stereocenters. The van der Waals surface area contributed by atoms with Crippen LogP contribution in [0.3, 0.4) is 0 Å². The number of benzene rings is 1. The molecule has 110 valence electrons. The summed E-state index contributed by atoms with van der Waals surface area (Å²) >= 11 is 5.96. The fourth-order valence-corrected chi connectivity index (χ4v) is 1.87. The van der Waals surface area contributed by atoms with Crippen LogP contribution in [0.25, 0.3) is 0 Å². The summed E-state index contributed by atoms with van der Waals surface area (Å²) in [6.07, 6.45) is 1.38. The van der Waals surface area contributed by atoms with Crippen molar-refractivity contribution in [3.8, 4) is 5.75 Å². The molecule has 2 aromatic rings. The van der Waals surface area contributed by atoms with Gasteiger partial charge in [0.1, 0.15) is 5.82 Å². The lowest BCUT2D eigenvalue weighted by molar-refractivity contribution is 0.102. The van der Waals surface area contributed by atoms with E-state index in [1.165, 1.54) is 37.6 Å². The molecule has 0 saturated carbocycles. The number of rotatable bonds is 4. The number of hydrogen-bond acceptors (Lipinski definition) is 4. The summed E-state index contributed by atoms with van der Waals surface area (Å²) in [5.74, 6) is -0.367. The Balaban J connectivity index is 2.25. The van der Waals surface area contributed by atoms with Gasteiger partial charge in [-0.15, -0.1) is 0 Å². The molecule has 7 heteroatoms. The second-order valence-corrected chi connectivity index (χ2v) is 4.51. The predicted molar refractivity (Wildman–Crippen MR) is 79.7 cm³/mol. The standard InChI is InChI=1S/C14H13ClFN3O2/c1-17-13-6-9(10(15)7-18-13)14(20)19-8-3-4-11(16)12(5-8)21-2/h3-7H,1-2H3,(H,17,18)(H,19,20). The quantitative estimate of drug-likeness (QED) is 0.910. The largest absolute Gasteiger partial charge is 0.494 e. The smallest absolute Gasteiger partial charge is 0.257 e. The maximum atomic E-state index is 13.3. The minimum absolute atomic E-state index is 0.0459. The summed E-state index contributed by atoms with van der Waals surface area (Å²) in [6, 6.07) is 5.56. The molecule has 0 saturated heterocycles. The molecule has 21 heavy (non-hydrogen) atoms. The van der Waals surface area contributed by atoms with Crippen molar-refractivity contribution >= 4 is 29.0 Å². The average Bonchev–Trinajstić information content (AvgIpc) is 2.49. The zero-order valence-corrected chi connectivity index (χ0v) is 12.2. The number of carbonyl (C=O) groups excluding carboxylic acids is 1. The van der Waals surface area contributed by atoms with Gasteiger partial charge in [0.2, 0.25) is 0 Å². The van der Waals surface area contributed by atoms with E-state index in [4.69, 9.17) is 16.3 Å². The molecule has 1 amide bonds. The van der Waals surface area contributed by atoms with Crippen LogP contribution in [-0.2, 0) is 0 Å². The predicted octanol–water partition coefficient (Wildman–Crippen LogP) is 3.18. The molecule has 0 atom stereocenters. The van der Waals surface area contributed by atoms with E-state index in [1.807, 2.05) is 0 Å². The van der Waals surface area contributed by atoms with Gasteiger partial charge in [-0.05, 0) is 18.2 Å². The highest BCUT2D eigenvalue weighted by Crippen LogP contribution is 2.23. The summed E-state index contributed by atoms with van der Waals surface area (Å²) in [4.78, 5) is 16.2. The monoisotopic (exact) mass is 309 g/mol. The van der Waals surface area contributed by atoms with Crippen LogP contribution in [0.4, 0.5) is 15.9 Å². The first kappa shape index (κ1) is 15.1. The number of aromatic nitrogens is 1. The Morgan fingerprint density at radius 2 is 2.14 bits per heavy atom. The third kappa shape index (κ3) is 3.41. The molecule has 0 fully saturated rings. The molecule has 0 spiro atoms. The molecule has 0 aliphatic heterocycles. The van der Waals surface area contributed by atoms with Crippen LogP contribution < -0.4 is 15.4 Å². The van der Waals surface area contributed by atoms with Crippen LogP contribution in [0.15, 0.2) is 30.5 Å². The van der Waals surface area contributed by atoms with Gasteiger partial charge in [-0.25, -0.2) is 9.37 Å². The van der Waals surface area contributed by atoms with Gasteiger partial charge in [0.25, 0.3) is 5.91 Å². The van der Waals surface area contributed by atoms with Gasteiger partial charge < -0.3 is 15.4 Å². The summed E-state index contributed by atoms with van der Waals surface area (Å²) in [5, 5.41) is 5.67. The third-order valence-corrected chi connectivity index (χ3v) is 3.07. The van der Waals surface area contributed by atoms with Crippen LogP contribution in [0.1, 0.15) is 10.4 Å². The van der Waals surface area contributed by atoms with E-state index in [9.17, 15) is 9.18 Å². The van der Waals surface area contributed by atoms with E-state index < -0.39 is 11.7 Å². The molecule has 0 aliphatic rings. The average molecular weight is 310 g/mol. The van der Waals surface area contributed by atoms with Crippen LogP contribution in [0.5, 0.6) is 5.75 Å². The molecule has 2 rings (SSSR count). The third-order valence-electron chi connectivity index (χ3n) is 2.77. The first-order chi connectivity index (χ1) is 10.0. The first-order valence-electron chi connectivity index (χ1n) is 6.03. The van der Waals surface area contributed by atoms with Crippen molar-refractivity contribution in [2.75, 3.05) is 24.8 Å². The van der Waals surface area contributed by atoms with Crippen molar-refractivity contribution in [1.82, 2.24) is 4.98 Å². The number of pyridine rings is 1. The molecule has 1 aromatic heterocycles. The van der Waals surface area contributed by atoms with E-state index in [1.54, 1.807) is 7.05 Å². The highest BCUT2D eigenvalue weighted by atomic mass is 35.5. The Bertz CT molecular complexity index is 679. The van der Waals surface area contributed by atoms with E-state index >= 15 is 0 Å². The molecular weight excluding hydrogens is 297 g/mol. The molecule has 0 bridgehead atoms. The number of ether oxygens (including phenoxy) is 1. The van der Waals surface area contributed by atoms with E-state index in [2.05, 4.69) is 15.6 Å². The summed E-state index contributed by atoms with van der Waals surface area (Å²) < 4.78 is 18.2. The minimum atomic E-state index is -0.505. The van der Waals surface area contributed by atoms with Gasteiger partial charge in [0, 0.05) is 25.0 Å². The summed E-state index contributed by atoms with van der Waals surface area (Å²) in [6.45, 7) is 0. The van der Waals surface area contributed by atoms with Crippen LogP contribution >= 0.6 is 11.6 Å². The first-order valence-corrected chi connectivity index (χ1v) is 6.41. The highest BCUT2D eigenvalue weighted by molar-refractivity contribution is 6.34. The van der Waals surface area contributed by atoms with Gasteiger partial charge in [0.05, 0.1) is 17.7 Å². The number of halogens is 2. The topological polar surface area (TPSA) is 63.2 Å². The van der Waals surface area contributed by atoms with Gasteiger partial charge in [0.15, 0.2) is 11.6 Å².